The van der Waals surface area contributed by atoms with Gasteiger partial charge in [-0.05, 0) is 24.0 Å². The highest BCUT2D eigenvalue weighted by Gasteiger charge is 2.25. The topological polar surface area (TPSA) is 32.3 Å². The molecular weight excluding hydrogens is 236 g/mol. The molecule has 0 aromatic heterocycles. The molecule has 2 rings (SSSR count). The van der Waals surface area contributed by atoms with Crippen LogP contribution in [0.2, 0.25) is 0 Å². The van der Waals surface area contributed by atoms with Gasteiger partial charge in [-0.25, -0.2) is 0 Å². The molecule has 1 N–H and O–H groups in total. The fourth-order valence-electron chi connectivity index (χ4n) is 2.71. The number of nitrogens with zero attached hydrogens (tertiary/aromatic N) is 1. The molecule has 1 heterocycles. The van der Waals surface area contributed by atoms with E-state index in [9.17, 15) is 4.79 Å². The summed E-state index contributed by atoms with van der Waals surface area (Å²) in [6.45, 7) is 9.89. The maximum Gasteiger partial charge on any atom is 0.151 e. The Morgan fingerprint density at radius 2 is 1.63 bits per heavy atom. The summed E-state index contributed by atoms with van der Waals surface area (Å²) in [5.41, 5.74) is 2.45. The number of benzene rings is 1. The average Bonchev–Trinajstić information content (AvgIpc) is 2.40. The van der Waals surface area contributed by atoms with Gasteiger partial charge < -0.3 is 5.32 Å². The molecule has 1 aromatic carbocycles. The molecule has 19 heavy (non-hydrogen) atoms. The van der Waals surface area contributed by atoms with Crippen LogP contribution in [0.5, 0.6) is 0 Å². The molecule has 3 heteroatoms. The molecule has 1 atom stereocenters. The minimum absolute atomic E-state index is 0.0803. The van der Waals surface area contributed by atoms with E-state index in [1.165, 1.54) is 5.56 Å². The molecule has 0 spiro atoms. The highest BCUT2D eigenvalue weighted by Crippen LogP contribution is 2.24. The lowest BCUT2D eigenvalue weighted by molar-refractivity contribution is -0.122. The van der Waals surface area contributed by atoms with E-state index in [4.69, 9.17) is 0 Å². The third-order valence-corrected chi connectivity index (χ3v) is 3.82. The Bertz CT molecular complexity index is 419. The van der Waals surface area contributed by atoms with Crippen molar-refractivity contribution in [3.8, 4) is 0 Å². The van der Waals surface area contributed by atoms with Crippen LogP contribution in [-0.4, -0.2) is 36.9 Å². The van der Waals surface area contributed by atoms with Gasteiger partial charge >= 0.3 is 0 Å². The summed E-state index contributed by atoms with van der Waals surface area (Å²) in [7, 11) is 0. The predicted molar refractivity (Wildman–Crippen MR) is 78.4 cm³/mol. The van der Waals surface area contributed by atoms with Gasteiger partial charge in [-0.1, -0.05) is 38.1 Å². The van der Waals surface area contributed by atoms with Crippen LogP contribution in [-0.2, 0) is 4.79 Å². The molecule has 0 bridgehead atoms. The van der Waals surface area contributed by atoms with Crippen LogP contribution in [0.3, 0.4) is 0 Å². The molecule has 1 aliphatic rings. The Balaban J connectivity index is 2.20. The number of nitrogens with one attached hydrogen (secondary N) is 1. The fraction of sp³-hybridized carbons (Fsp3) is 0.562. The number of hydrogen-bond donors (Lipinski definition) is 1. The summed E-state index contributed by atoms with van der Waals surface area (Å²) in [4.78, 5) is 14.3. The Morgan fingerprint density at radius 1 is 1.11 bits per heavy atom. The number of piperazine rings is 1. The van der Waals surface area contributed by atoms with Crippen LogP contribution < -0.4 is 5.32 Å². The van der Waals surface area contributed by atoms with Crippen molar-refractivity contribution >= 4 is 5.78 Å². The van der Waals surface area contributed by atoms with E-state index in [0.717, 1.165) is 31.7 Å². The second kappa shape index (κ2) is 6.31. The summed E-state index contributed by atoms with van der Waals surface area (Å²) in [5, 5.41) is 3.33. The molecule has 1 saturated heterocycles. The van der Waals surface area contributed by atoms with Gasteiger partial charge in [-0.3, -0.25) is 9.69 Å². The number of carbonyl (C=O) groups is 1. The molecule has 1 unspecified atom stereocenters. The van der Waals surface area contributed by atoms with Crippen LogP contribution in [0.15, 0.2) is 24.3 Å². The fourth-order valence-corrected chi connectivity index (χ4v) is 2.71. The van der Waals surface area contributed by atoms with E-state index >= 15 is 0 Å². The summed E-state index contributed by atoms with van der Waals surface area (Å²) in [6.07, 6.45) is 0. The monoisotopic (exact) mass is 260 g/mol. The van der Waals surface area contributed by atoms with E-state index in [2.05, 4.69) is 48.3 Å². The molecular formula is C16H24N2O. The molecule has 0 aliphatic carbocycles. The number of ketones is 1. The van der Waals surface area contributed by atoms with Gasteiger partial charge in [-0.15, -0.1) is 0 Å². The number of rotatable bonds is 4. The van der Waals surface area contributed by atoms with Gasteiger partial charge in [0.25, 0.3) is 0 Å². The Morgan fingerprint density at radius 3 is 2.11 bits per heavy atom. The summed E-state index contributed by atoms with van der Waals surface area (Å²) in [5.74, 6) is 0.767. The highest BCUT2D eigenvalue weighted by molar-refractivity contribution is 5.83. The summed E-state index contributed by atoms with van der Waals surface area (Å²) >= 11 is 0. The lowest BCUT2D eigenvalue weighted by Gasteiger charge is -2.33. The lowest BCUT2D eigenvalue weighted by atomic mass is 9.96. The molecule has 0 saturated carbocycles. The predicted octanol–water partition coefficient (Wildman–Crippen LogP) is 2.35. The first-order valence-electron chi connectivity index (χ1n) is 7.14. The van der Waals surface area contributed by atoms with Gasteiger partial charge in [0, 0.05) is 26.2 Å². The molecule has 0 amide bonds. The molecule has 0 radical (unpaired) electrons. The highest BCUT2D eigenvalue weighted by atomic mass is 16.1. The average molecular weight is 260 g/mol. The van der Waals surface area contributed by atoms with Crippen molar-refractivity contribution in [2.75, 3.05) is 26.2 Å². The van der Waals surface area contributed by atoms with Crippen LogP contribution in [0.1, 0.15) is 43.9 Å². The van der Waals surface area contributed by atoms with Crippen molar-refractivity contribution < 1.29 is 4.79 Å². The second-order valence-corrected chi connectivity index (χ2v) is 5.62. The molecule has 1 fully saturated rings. The maximum absolute atomic E-state index is 12.0. The van der Waals surface area contributed by atoms with Crippen molar-refractivity contribution in [1.29, 1.82) is 0 Å². The van der Waals surface area contributed by atoms with E-state index < -0.39 is 0 Å². The first-order chi connectivity index (χ1) is 9.09. The van der Waals surface area contributed by atoms with Crippen LogP contribution in [0.4, 0.5) is 0 Å². The lowest BCUT2D eigenvalue weighted by Crippen LogP contribution is -2.46. The summed E-state index contributed by atoms with van der Waals surface area (Å²) in [6, 6.07) is 8.45. The molecule has 3 nitrogen and oxygen atoms in total. The van der Waals surface area contributed by atoms with Crippen LogP contribution in [0.25, 0.3) is 0 Å². The summed E-state index contributed by atoms with van der Waals surface area (Å²) < 4.78 is 0. The zero-order valence-electron chi connectivity index (χ0n) is 12.1. The minimum Gasteiger partial charge on any atom is -0.314 e. The zero-order chi connectivity index (χ0) is 13.8. The largest absolute Gasteiger partial charge is 0.314 e. The quantitative estimate of drug-likeness (QED) is 0.902. The van der Waals surface area contributed by atoms with E-state index in [1.54, 1.807) is 6.92 Å². The third-order valence-electron chi connectivity index (χ3n) is 3.82. The molecule has 104 valence electrons. The normalized spacial score (nSPS) is 18.5. The Labute approximate surface area is 116 Å². The number of carbonyl (C=O) groups excluding carboxylic acids is 1. The third kappa shape index (κ3) is 3.43. The van der Waals surface area contributed by atoms with Gasteiger partial charge in [-0.2, -0.15) is 0 Å². The second-order valence-electron chi connectivity index (χ2n) is 5.62. The Kier molecular flexibility index (Phi) is 4.72. The van der Waals surface area contributed by atoms with Crippen molar-refractivity contribution in [3.63, 3.8) is 0 Å². The number of hydrogen-bond acceptors (Lipinski definition) is 3. The van der Waals surface area contributed by atoms with Gasteiger partial charge in [0.2, 0.25) is 0 Å². The van der Waals surface area contributed by atoms with Crippen molar-refractivity contribution in [2.45, 2.75) is 32.7 Å². The minimum atomic E-state index is -0.0803. The Hall–Kier alpha value is -1.19. The molecule has 1 aliphatic heterocycles. The van der Waals surface area contributed by atoms with Crippen LogP contribution in [0, 0.1) is 0 Å². The van der Waals surface area contributed by atoms with Gasteiger partial charge in [0.1, 0.15) is 0 Å². The van der Waals surface area contributed by atoms with Crippen LogP contribution >= 0.6 is 0 Å². The van der Waals surface area contributed by atoms with Crippen molar-refractivity contribution in [2.24, 2.45) is 0 Å². The number of Topliss-reactive ketones (excluding diaryl/α,β-unsaturated/α-hetero) is 1. The molecule has 1 aromatic rings. The van der Waals surface area contributed by atoms with Gasteiger partial charge in [0.15, 0.2) is 5.78 Å². The van der Waals surface area contributed by atoms with E-state index in [1.807, 2.05) is 0 Å². The zero-order valence-corrected chi connectivity index (χ0v) is 12.1. The smallest absolute Gasteiger partial charge is 0.151 e. The van der Waals surface area contributed by atoms with Gasteiger partial charge in [0.05, 0.1) is 6.04 Å². The SMILES string of the molecule is CC(=O)C(c1ccc(C(C)C)cc1)N1CCNCC1. The van der Waals surface area contributed by atoms with E-state index in [0.29, 0.717) is 5.92 Å². The first kappa shape index (κ1) is 14.2. The van der Waals surface area contributed by atoms with Crippen molar-refractivity contribution in [1.82, 2.24) is 10.2 Å². The van der Waals surface area contributed by atoms with Crippen molar-refractivity contribution in [3.05, 3.63) is 35.4 Å². The standard InChI is InChI=1S/C16H24N2O/c1-12(2)14-4-6-15(7-5-14)16(13(3)19)18-10-8-17-9-11-18/h4-7,12,16-17H,8-11H2,1-3H3. The van der Waals surface area contributed by atoms with E-state index in [-0.39, 0.29) is 11.8 Å². The first-order valence-corrected chi connectivity index (χ1v) is 7.14. The maximum atomic E-state index is 12.0.